The fourth-order valence-electron chi connectivity index (χ4n) is 3.30. The van der Waals surface area contributed by atoms with Crippen LogP contribution in [0.4, 0.5) is 0 Å². The predicted molar refractivity (Wildman–Crippen MR) is 115 cm³/mol. The van der Waals surface area contributed by atoms with Gasteiger partial charge in [0.1, 0.15) is 15.9 Å². The second kappa shape index (κ2) is 7.80. The van der Waals surface area contributed by atoms with Gasteiger partial charge >= 0.3 is 0 Å². The summed E-state index contributed by atoms with van der Waals surface area (Å²) in [6.07, 6.45) is 2.83. The fraction of sp³-hybridized carbons (Fsp3) is 0.211. The van der Waals surface area contributed by atoms with Crippen molar-refractivity contribution in [2.24, 2.45) is 0 Å². The van der Waals surface area contributed by atoms with Crippen molar-refractivity contribution < 1.29 is 12.9 Å². The minimum atomic E-state index is -3.83. The molecule has 0 radical (unpaired) electrons. The van der Waals surface area contributed by atoms with E-state index in [1.807, 2.05) is 24.5 Å². The lowest BCUT2D eigenvalue weighted by Gasteiger charge is -2.04. The normalized spacial score (nSPS) is 12.2. The molecule has 10 nitrogen and oxygen atoms in total. The number of aromatic nitrogens is 6. The lowest BCUT2D eigenvalue weighted by atomic mass is 10.2. The number of nitrogens with one attached hydrogen (secondary N) is 1. The zero-order chi connectivity index (χ0) is 21.4. The fourth-order valence-corrected chi connectivity index (χ4v) is 5.04. The number of imidazole rings is 1. The standard InChI is InChI=1S/C19H17N7O3S2/c1-2-8-26-11-20-14-9-12(6-7-15(14)26)19-22-17(29-23-19)10-21-31(27,28)16-5-3-4-13-18(16)25-30-24-13/h3-7,9,11,21H,2,8,10H2,1H3. The highest BCUT2D eigenvalue weighted by molar-refractivity contribution is 7.89. The van der Waals surface area contributed by atoms with Crippen LogP contribution in [0.15, 0.2) is 52.1 Å². The minimum Gasteiger partial charge on any atom is -0.338 e. The Morgan fingerprint density at radius 1 is 1.16 bits per heavy atom. The number of nitrogens with zero attached hydrogens (tertiary/aromatic N) is 6. The summed E-state index contributed by atoms with van der Waals surface area (Å²) in [6.45, 7) is 2.87. The zero-order valence-electron chi connectivity index (χ0n) is 16.4. The van der Waals surface area contributed by atoms with E-state index in [2.05, 4.69) is 40.1 Å². The number of aryl methyl sites for hydroxylation is 1. The largest absolute Gasteiger partial charge is 0.338 e. The first-order chi connectivity index (χ1) is 15.0. The molecule has 5 aromatic rings. The average Bonchev–Trinajstić information content (AvgIpc) is 3.51. The minimum absolute atomic E-state index is 0.0617. The van der Waals surface area contributed by atoms with E-state index in [0.717, 1.165) is 41.3 Å². The molecule has 12 heteroatoms. The van der Waals surface area contributed by atoms with Crippen LogP contribution < -0.4 is 4.72 Å². The summed E-state index contributed by atoms with van der Waals surface area (Å²) in [7, 11) is -3.83. The number of fused-ring (bicyclic) bond motifs is 2. The van der Waals surface area contributed by atoms with Crippen molar-refractivity contribution in [3.8, 4) is 11.4 Å². The number of hydrogen-bond acceptors (Lipinski definition) is 9. The SMILES string of the molecule is CCCn1cnc2cc(-c3noc(CNS(=O)(=O)c4cccc5nsnc45)n3)ccc21. The Morgan fingerprint density at radius 2 is 2.06 bits per heavy atom. The summed E-state index contributed by atoms with van der Waals surface area (Å²) < 4.78 is 43.4. The van der Waals surface area contributed by atoms with E-state index in [1.54, 1.807) is 12.1 Å². The molecule has 5 rings (SSSR count). The van der Waals surface area contributed by atoms with Crippen LogP contribution in [0.5, 0.6) is 0 Å². The van der Waals surface area contributed by atoms with Crippen molar-refractivity contribution in [3.63, 3.8) is 0 Å². The molecule has 0 aliphatic heterocycles. The van der Waals surface area contributed by atoms with Crippen LogP contribution in [-0.4, -0.2) is 36.9 Å². The first-order valence-corrected chi connectivity index (χ1v) is 11.8. The number of rotatable bonds is 7. The summed E-state index contributed by atoms with van der Waals surface area (Å²) in [4.78, 5) is 8.80. The van der Waals surface area contributed by atoms with Crippen molar-refractivity contribution in [3.05, 3.63) is 48.6 Å². The van der Waals surface area contributed by atoms with Gasteiger partial charge in [0.05, 0.1) is 35.6 Å². The van der Waals surface area contributed by atoms with Gasteiger partial charge < -0.3 is 9.09 Å². The highest BCUT2D eigenvalue weighted by atomic mass is 32.2. The molecule has 0 saturated carbocycles. The summed E-state index contributed by atoms with van der Waals surface area (Å²) >= 11 is 0.964. The third-order valence-corrected chi connectivity index (χ3v) is 6.74. The number of benzene rings is 2. The highest BCUT2D eigenvalue weighted by Gasteiger charge is 2.21. The summed E-state index contributed by atoms with van der Waals surface area (Å²) in [6, 6.07) is 10.6. The van der Waals surface area contributed by atoms with Crippen molar-refractivity contribution >= 4 is 43.8 Å². The van der Waals surface area contributed by atoms with Crippen molar-refractivity contribution in [2.45, 2.75) is 31.3 Å². The van der Waals surface area contributed by atoms with E-state index in [0.29, 0.717) is 16.9 Å². The molecule has 0 aliphatic carbocycles. The van der Waals surface area contributed by atoms with Gasteiger partial charge in [-0.15, -0.1) is 0 Å². The zero-order valence-corrected chi connectivity index (χ0v) is 18.0. The van der Waals surface area contributed by atoms with Crippen molar-refractivity contribution in [1.82, 2.24) is 33.2 Å². The second-order valence-corrected chi connectivity index (χ2v) is 9.13. The topological polar surface area (TPSA) is 129 Å². The summed E-state index contributed by atoms with van der Waals surface area (Å²) in [5.74, 6) is 0.519. The van der Waals surface area contributed by atoms with Crippen LogP contribution in [0.25, 0.3) is 33.5 Å². The summed E-state index contributed by atoms with van der Waals surface area (Å²) in [5.41, 5.74) is 3.48. The van der Waals surface area contributed by atoms with Gasteiger partial charge in [-0.1, -0.05) is 18.1 Å². The number of sulfonamides is 1. The molecule has 0 unspecified atom stereocenters. The first-order valence-electron chi connectivity index (χ1n) is 9.54. The third kappa shape index (κ3) is 3.69. The average molecular weight is 456 g/mol. The molecule has 0 atom stereocenters. The van der Waals surface area contributed by atoms with Crippen LogP contribution in [0.3, 0.4) is 0 Å². The van der Waals surface area contributed by atoms with Crippen LogP contribution in [0.1, 0.15) is 19.2 Å². The molecule has 0 spiro atoms. The Morgan fingerprint density at radius 3 is 2.94 bits per heavy atom. The molecular formula is C19H17N7O3S2. The van der Waals surface area contributed by atoms with Gasteiger partial charge in [-0.3, -0.25) is 0 Å². The molecule has 0 bridgehead atoms. The van der Waals surface area contributed by atoms with Crippen molar-refractivity contribution in [1.29, 1.82) is 0 Å². The maximum atomic E-state index is 12.7. The molecule has 2 aromatic carbocycles. The smallest absolute Gasteiger partial charge is 0.243 e. The molecule has 0 amide bonds. The summed E-state index contributed by atoms with van der Waals surface area (Å²) in [5, 5.41) is 3.98. The molecule has 0 aliphatic rings. The maximum Gasteiger partial charge on any atom is 0.243 e. The van der Waals surface area contributed by atoms with Gasteiger partial charge in [0, 0.05) is 12.1 Å². The molecule has 0 fully saturated rings. The number of hydrogen-bond donors (Lipinski definition) is 1. The van der Waals surface area contributed by atoms with Crippen LogP contribution in [0, 0.1) is 0 Å². The van der Waals surface area contributed by atoms with E-state index in [9.17, 15) is 8.42 Å². The molecule has 1 N–H and O–H groups in total. The Labute approximate surface area is 181 Å². The lowest BCUT2D eigenvalue weighted by Crippen LogP contribution is -2.23. The molecular weight excluding hydrogens is 438 g/mol. The van der Waals surface area contributed by atoms with E-state index < -0.39 is 10.0 Å². The van der Waals surface area contributed by atoms with E-state index in [1.165, 1.54) is 6.07 Å². The van der Waals surface area contributed by atoms with Crippen LogP contribution in [-0.2, 0) is 23.1 Å². The van der Waals surface area contributed by atoms with Crippen molar-refractivity contribution in [2.75, 3.05) is 0 Å². The lowest BCUT2D eigenvalue weighted by molar-refractivity contribution is 0.376. The van der Waals surface area contributed by atoms with Crippen LogP contribution in [0.2, 0.25) is 0 Å². The van der Waals surface area contributed by atoms with Gasteiger partial charge in [0.25, 0.3) is 0 Å². The quantitative estimate of drug-likeness (QED) is 0.397. The Hall–Kier alpha value is -3.22. The Kier molecular flexibility index (Phi) is 4.96. The van der Waals surface area contributed by atoms with Gasteiger partial charge in [-0.25, -0.2) is 18.1 Å². The van der Waals surface area contributed by atoms with Gasteiger partial charge in [-0.2, -0.15) is 13.7 Å². The Balaban J connectivity index is 1.35. The van der Waals surface area contributed by atoms with Crippen LogP contribution >= 0.6 is 11.7 Å². The first kappa shape index (κ1) is 19.7. The second-order valence-electron chi connectivity index (χ2n) is 6.87. The molecule has 31 heavy (non-hydrogen) atoms. The highest BCUT2D eigenvalue weighted by Crippen LogP contribution is 2.23. The van der Waals surface area contributed by atoms with Gasteiger partial charge in [0.15, 0.2) is 0 Å². The van der Waals surface area contributed by atoms with E-state index in [4.69, 9.17) is 4.52 Å². The molecule has 158 valence electrons. The monoisotopic (exact) mass is 455 g/mol. The van der Waals surface area contributed by atoms with E-state index in [-0.39, 0.29) is 17.3 Å². The van der Waals surface area contributed by atoms with Gasteiger partial charge in [-0.05, 0) is 36.8 Å². The molecule has 0 saturated heterocycles. The van der Waals surface area contributed by atoms with E-state index >= 15 is 0 Å². The molecule has 3 heterocycles. The van der Waals surface area contributed by atoms with Gasteiger partial charge in [0.2, 0.25) is 21.7 Å². The third-order valence-electron chi connectivity index (χ3n) is 4.76. The predicted octanol–water partition coefficient (Wildman–Crippen LogP) is 2.98. The maximum absolute atomic E-state index is 12.7. The molecule has 3 aromatic heterocycles. The Bertz CT molecular complexity index is 1490.